The lowest BCUT2D eigenvalue weighted by atomic mass is 10.2. The van der Waals surface area contributed by atoms with Crippen LogP contribution in [0.4, 0.5) is 0 Å². The van der Waals surface area contributed by atoms with Gasteiger partial charge in [0.25, 0.3) is 0 Å². The molecule has 0 bridgehead atoms. The molecule has 8 nitrogen and oxygen atoms in total. The summed E-state index contributed by atoms with van der Waals surface area (Å²) in [7, 11) is 0. The van der Waals surface area contributed by atoms with E-state index in [9.17, 15) is 14.4 Å². The van der Waals surface area contributed by atoms with Crippen molar-refractivity contribution < 1.29 is 29.3 Å². The maximum atomic E-state index is 11.6. The van der Waals surface area contributed by atoms with Crippen LogP contribution in [0.5, 0.6) is 0 Å². The van der Waals surface area contributed by atoms with Crippen LogP contribution in [0, 0.1) is 0 Å². The monoisotopic (exact) mass is 270 g/mol. The average molecular weight is 270 g/mol. The van der Waals surface area contributed by atoms with Gasteiger partial charge in [-0.3, -0.25) is 4.79 Å². The third-order valence-corrected chi connectivity index (χ3v) is 1.92. The second-order valence-corrected chi connectivity index (χ2v) is 4.77. The molecule has 1 aromatic heterocycles. The number of carboxylic acids is 2. The first-order valence-electron chi connectivity index (χ1n) is 5.36. The van der Waals surface area contributed by atoms with Crippen molar-refractivity contribution in [2.24, 2.45) is 0 Å². The van der Waals surface area contributed by atoms with E-state index in [0.29, 0.717) is 0 Å². The fraction of sp³-hybridized carbons (Fsp3) is 0.455. The summed E-state index contributed by atoms with van der Waals surface area (Å²) in [6.07, 6.45) is 0. The summed E-state index contributed by atoms with van der Waals surface area (Å²) in [5.74, 6) is -3.44. The Morgan fingerprint density at radius 2 is 1.84 bits per heavy atom. The van der Waals surface area contributed by atoms with E-state index in [1.54, 1.807) is 20.8 Å². The first-order chi connectivity index (χ1) is 8.60. The molecule has 0 amide bonds. The highest BCUT2D eigenvalue weighted by Crippen LogP contribution is 2.10. The van der Waals surface area contributed by atoms with Gasteiger partial charge in [0.05, 0.1) is 0 Å². The Morgan fingerprint density at radius 3 is 2.26 bits per heavy atom. The van der Waals surface area contributed by atoms with E-state index in [2.05, 4.69) is 5.10 Å². The highest BCUT2D eigenvalue weighted by atomic mass is 16.6. The zero-order chi connectivity index (χ0) is 14.8. The SMILES string of the molecule is CC(C)(C)OC(=O)Cn1nc(C(=O)O)cc1C(=O)O. The summed E-state index contributed by atoms with van der Waals surface area (Å²) in [4.78, 5) is 33.2. The predicted octanol–water partition coefficient (Wildman–Crippen LogP) is 0.621. The van der Waals surface area contributed by atoms with Crippen LogP contribution in [0.1, 0.15) is 41.7 Å². The molecule has 0 spiro atoms. The summed E-state index contributed by atoms with van der Waals surface area (Å²) < 4.78 is 5.80. The number of hydrogen-bond donors (Lipinski definition) is 2. The van der Waals surface area contributed by atoms with Crippen molar-refractivity contribution in [1.82, 2.24) is 9.78 Å². The van der Waals surface area contributed by atoms with Gasteiger partial charge in [0.15, 0.2) is 5.69 Å². The first kappa shape index (κ1) is 14.7. The second-order valence-electron chi connectivity index (χ2n) is 4.77. The molecule has 1 aromatic rings. The van der Waals surface area contributed by atoms with Gasteiger partial charge in [-0.2, -0.15) is 5.10 Å². The van der Waals surface area contributed by atoms with Crippen LogP contribution in [-0.4, -0.2) is 43.5 Å². The highest BCUT2D eigenvalue weighted by Gasteiger charge is 2.22. The second kappa shape index (κ2) is 5.09. The smallest absolute Gasteiger partial charge is 0.356 e. The summed E-state index contributed by atoms with van der Waals surface area (Å²) in [6.45, 7) is 4.52. The average Bonchev–Trinajstić information content (AvgIpc) is 2.58. The molecule has 0 unspecified atom stereocenters. The molecule has 0 fully saturated rings. The Morgan fingerprint density at radius 1 is 1.26 bits per heavy atom. The van der Waals surface area contributed by atoms with E-state index >= 15 is 0 Å². The highest BCUT2D eigenvalue weighted by molar-refractivity contribution is 5.91. The fourth-order valence-electron chi connectivity index (χ4n) is 1.31. The normalized spacial score (nSPS) is 11.1. The topological polar surface area (TPSA) is 119 Å². The summed E-state index contributed by atoms with van der Waals surface area (Å²) in [6, 6.07) is 0.884. The minimum absolute atomic E-state index is 0.386. The Bertz CT molecular complexity index is 526. The maximum Gasteiger partial charge on any atom is 0.356 e. The number of esters is 1. The number of carbonyl (C=O) groups excluding carboxylic acids is 1. The van der Waals surface area contributed by atoms with Crippen molar-refractivity contribution in [1.29, 1.82) is 0 Å². The van der Waals surface area contributed by atoms with Gasteiger partial charge in [-0.1, -0.05) is 0 Å². The van der Waals surface area contributed by atoms with Crippen LogP contribution in [-0.2, 0) is 16.1 Å². The van der Waals surface area contributed by atoms with Gasteiger partial charge in [0.1, 0.15) is 17.8 Å². The van der Waals surface area contributed by atoms with Crippen molar-refractivity contribution in [2.45, 2.75) is 32.9 Å². The minimum Gasteiger partial charge on any atom is -0.477 e. The Balaban J connectivity index is 2.97. The van der Waals surface area contributed by atoms with E-state index in [0.717, 1.165) is 10.7 Å². The number of aromatic nitrogens is 2. The number of carbonyl (C=O) groups is 3. The molecule has 0 aromatic carbocycles. The lowest BCUT2D eigenvalue weighted by Crippen LogP contribution is -2.27. The molecule has 104 valence electrons. The lowest BCUT2D eigenvalue weighted by Gasteiger charge is -2.19. The molecule has 19 heavy (non-hydrogen) atoms. The van der Waals surface area contributed by atoms with Gasteiger partial charge in [0, 0.05) is 6.07 Å². The molecule has 0 radical (unpaired) electrons. The summed E-state index contributed by atoms with van der Waals surface area (Å²) >= 11 is 0. The molecule has 0 saturated heterocycles. The molecule has 0 atom stereocenters. The van der Waals surface area contributed by atoms with Crippen LogP contribution >= 0.6 is 0 Å². The summed E-state index contributed by atoms with van der Waals surface area (Å²) in [5, 5.41) is 21.2. The van der Waals surface area contributed by atoms with Crippen LogP contribution in [0.3, 0.4) is 0 Å². The largest absolute Gasteiger partial charge is 0.477 e. The van der Waals surface area contributed by atoms with Crippen molar-refractivity contribution in [3.05, 3.63) is 17.5 Å². The molecule has 8 heteroatoms. The molecule has 2 N–H and O–H groups in total. The number of rotatable bonds is 4. The minimum atomic E-state index is -1.37. The Hall–Kier alpha value is -2.38. The van der Waals surface area contributed by atoms with Crippen LogP contribution in [0.15, 0.2) is 6.07 Å². The maximum absolute atomic E-state index is 11.6. The van der Waals surface area contributed by atoms with Gasteiger partial charge in [-0.25, -0.2) is 14.3 Å². The quantitative estimate of drug-likeness (QED) is 0.769. The third kappa shape index (κ3) is 4.09. The number of aromatic carboxylic acids is 2. The van der Waals surface area contributed by atoms with Crippen molar-refractivity contribution in [2.75, 3.05) is 0 Å². The van der Waals surface area contributed by atoms with E-state index < -0.39 is 35.7 Å². The van der Waals surface area contributed by atoms with Crippen LogP contribution < -0.4 is 0 Å². The van der Waals surface area contributed by atoms with E-state index in [1.807, 2.05) is 0 Å². The fourth-order valence-corrected chi connectivity index (χ4v) is 1.31. The molecule has 1 heterocycles. The van der Waals surface area contributed by atoms with Gasteiger partial charge in [0.2, 0.25) is 0 Å². The molecular formula is C11H14N2O6. The lowest BCUT2D eigenvalue weighted by molar-refractivity contribution is -0.155. The zero-order valence-corrected chi connectivity index (χ0v) is 10.7. The van der Waals surface area contributed by atoms with E-state index in [4.69, 9.17) is 14.9 Å². The molecule has 0 aliphatic heterocycles. The summed E-state index contributed by atoms with van der Waals surface area (Å²) in [5.41, 5.74) is -1.55. The molecular weight excluding hydrogens is 256 g/mol. The van der Waals surface area contributed by atoms with Gasteiger partial charge < -0.3 is 14.9 Å². The number of hydrogen-bond acceptors (Lipinski definition) is 5. The molecule has 0 aliphatic rings. The Labute approximate surface area is 108 Å². The van der Waals surface area contributed by atoms with Gasteiger partial charge in [-0.15, -0.1) is 0 Å². The van der Waals surface area contributed by atoms with Crippen molar-refractivity contribution in [3.8, 4) is 0 Å². The Kier molecular flexibility index (Phi) is 3.93. The third-order valence-electron chi connectivity index (χ3n) is 1.92. The first-order valence-corrected chi connectivity index (χ1v) is 5.36. The zero-order valence-electron chi connectivity index (χ0n) is 10.7. The van der Waals surface area contributed by atoms with E-state index in [-0.39, 0.29) is 5.69 Å². The number of carboxylic acid groups (broad SMARTS) is 2. The van der Waals surface area contributed by atoms with Crippen molar-refractivity contribution >= 4 is 17.9 Å². The number of nitrogens with zero attached hydrogens (tertiary/aromatic N) is 2. The number of ether oxygens (including phenoxy) is 1. The van der Waals surface area contributed by atoms with Crippen molar-refractivity contribution in [3.63, 3.8) is 0 Å². The van der Waals surface area contributed by atoms with Gasteiger partial charge in [-0.05, 0) is 20.8 Å². The van der Waals surface area contributed by atoms with Gasteiger partial charge >= 0.3 is 17.9 Å². The van der Waals surface area contributed by atoms with Crippen LogP contribution in [0.2, 0.25) is 0 Å². The van der Waals surface area contributed by atoms with Crippen LogP contribution in [0.25, 0.3) is 0 Å². The molecule has 0 aliphatic carbocycles. The predicted molar refractivity (Wildman–Crippen MR) is 62.0 cm³/mol. The molecule has 1 rings (SSSR count). The van der Waals surface area contributed by atoms with E-state index in [1.165, 1.54) is 0 Å². The molecule has 0 saturated carbocycles. The standard InChI is InChI=1S/C11H14N2O6/c1-11(2,3)19-8(14)5-13-7(10(17)18)4-6(12-13)9(15)16/h4H,5H2,1-3H3,(H,15,16)(H,17,18).